The van der Waals surface area contributed by atoms with E-state index in [1.807, 2.05) is 0 Å². The second-order valence-corrected chi connectivity index (χ2v) is 4.86. The minimum atomic E-state index is -1.02. The number of ether oxygens (including phenoxy) is 1. The molecule has 5 heteroatoms. The molecule has 98 valence electrons. The molecular formula is C13H18N2O3. The molecule has 0 aliphatic heterocycles. The maximum atomic E-state index is 11.0. The van der Waals surface area contributed by atoms with Crippen molar-refractivity contribution in [1.29, 1.82) is 0 Å². The third-order valence-electron chi connectivity index (χ3n) is 3.61. The van der Waals surface area contributed by atoms with Gasteiger partial charge in [0, 0.05) is 18.2 Å². The molecule has 0 saturated heterocycles. The first-order valence-electron chi connectivity index (χ1n) is 6.18. The quantitative estimate of drug-likeness (QED) is 0.830. The summed E-state index contributed by atoms with van der Waals surface area (Å²) in [5.74, 6) is -0.837. The van der Waals surface area contributed by atoms with Gasteiger partial charge in [0.1, 0.15) is 5.56 Å². The number of carbonyl (C=O) groups is 1. The first kappa shape index (κ1) is 12.8. The molecule has 18 heavy (non-hydrogen) atoms. The van der Waals surface area contributed by atoms with Crippen LogP contribution in [0.25, 0.3) is 0 Å². The molecule has 2 rings (SSSR count). The maximum Gasteiger partial charge on any atom is 0.341 e. The Morgan fingerprint density at radius 1 is 1.50 bits per heavy atom. The van der Waals surface area contributed by atoms with E-state index in [4.69, 9.17) is 15.6 Å². The third kappa shape index (κ3) is 2.61. The SMILES string of the molecule is NCC1(COc2ncccc2C(=O)O)CCCC1. The summed E-state index contributed by atoms with van der Waals surface area (Å²) in [6.07, 6.45) is 5.94. The van der Waals surface area contributed by atoms with Crippen LogP contribution in [0.5, 0.6) is 5.88 Å². The first-order valence-corrected chi connectivity index (χ1v) is 6.18. The molecule has 1 saturated carbocycles. The van der Waals surface area contributed by atoms with Crippen molar-refractivity contribution >= 4 is 5.97 Å². The van der Waals surface area contributed by atoms with Crippen LogP contribution in [0.4, 0.5) is 0 Å². The van der Waals surface area contributed by atoms with Gasteiger partial charge in [-0.05, 0) is 25.0 Å². The number of rotatable bonds is 5. The van der Waals surface area contributed by atoms with Gasteiger partial charge >= 0.3 is 5.97 Å². The topological polar surface area (TPSA) is 85.4 Å². The molecule has 0 amide bonds. The van der Waals surface area contributed by atoms with Gasteiger partial charge in [-0.15, -0.1) is 0 Å². The molecule has 0 unspecified atom stereocenters. The Bertz CT molecular complexity index is 428. The van der Waals surface area contributed by atoms with Crippen molar-refractivity contribution in [2.24, 2.45) is 11.1 Å². The van der Waals surface area contributed by atoms with Crippen LogP contribution in [0.3, 0.4) is 0 Å². The van der Waals surface area contributed by atoms with E-state index in [1.165, 1.54) is 12.3 Å². The zero-order valence-electron chi connectivity index (χ0n) is 10.3. The van der Waals surface area contributed by atoms with E-state index in [1.54, 1.807) is 6.07 Å². The molecule has 1 aliphatic rings. The highest BCUT2D eigenvalue weighted by molar-refractivity contribution is 5.90. The lowest BCUT2D eigenvalue weighted by molar-refractivity contribution is 0.0686. The molecule has 0 spiro atoms. The molecule has 1 heterocycles. The Morgan fingerprint density at radius 3 is 2.83 bits per heavy atom. The molecule has 3 N–H and O–H groups in total. The van der Waals surface area contributed by atoms with Crippen LogP contribution in [0, 0.1) is 5.41 Å². The minimum absolute atomic E-state index is 0.00665. The fraction of sp³-hybridized carbons (Fsp3) is 0.538. The van der Waals surface area contributed by atoms with Crippen molar-refractivity contribution in [2.75, 3.05) is 13.2 Å². The van der Waals surface area contributed by atoms with Crippen LogP contribution >= 0.6 is 0 Å². The highest BCUT2D eigenvalue weighted by Crippen LogP contribution is 2.37. The predicted molar refractivity (Wildman–Crippen MR) is 66.6 cm³/mol. The lowest BCUT2D eigenvalue weighted by Gasteiger charge is -2.26. The number of hydrogen-bond acceptors (Lipinski definition) is 4. The molecule has 1 aromatic heterocycles. The van der Waals surface area contributed by atoms with Crippen LogP contribution in [0.1, 0.15) is 36.0 Å². The highest BCUT2D eigenvalue weighted by atomic mass is 16.5. The largest absolute Gasteiger partial charge is 0.477 e. The molecule has 1 fully saturated rings. The van der Waals surface area contributed by atoms with Gasteiger partial charge in [-0.2, -0.15) is 0 Å². The molecule has 0 bridgehead atoms. The summed E-state index contributed by atoms with van der Waals surface area (Å²) in [5.41, 5.74) is 5.91. The smallest absolute Gasteiger partial charge is 0.341 e. The van der Waals surface area contributed by atoms with E-state index in [-0.39, 0.29) is 16.9 Å². The number of aromatic nitrogens is 1. The van der Waals surface area contributed by atoms with Crippen molar-refractivity contribution in [3.63, 3.8) is 0 Å². The fourth-order valence-electron chi connectivity index (χ4n) is 2.42. The van der Waals surface area contributed by atoms with E-state index >= 15 is 0 Å². The number of nitrogens with two attached hydrogens (primary N) is 1. The average molecular weight is 250 g/mol. The Hall–Kier alpha value is -1.62. The molecule has 1 aliphatic carbocycles. The second kappa shape index (κ2) is 5.35. The summed E-state index contributed by atoms with van der Waals surface area (Å²) < 4.78 is 5.60. The summed E-state index contributed by atoms with van der Waals surface area (Å²) in [6.45, 7) is 1.02. The van der Waals surface area contributed by atoms with Gasteiger partial charge in [0.2, 0.25) is 5.88 Å². The van der Waals surface area contributed by atoms with Crippen molar-refractivity contribution in [2.45, 2.75) is 25.7 Å². The van der Waals surface area contributed by atoms with Crippen LogP contribution < -0.4 is 10.5 Å². The monoisotopic (exact) mass is 250 g/mol. The molecule has 0 atom stereocenters. The minimum Gasteiger partial charge on any atom is -0.477 e. The maximum absolute atomic E-state index is 11.0. The van der Waals surface area contributed by atoms with E-state index in [0.29, 0.717) is 13.2 Å². The second-order valence-electron chi connectivity index (χ2n) is 4.86. The van der Waals surface area contributed by atoms with Gasteiger partial charge in [-0.3, -0.25) is 0 Å². The van der Waals surface area contributed by atoms with Gasteiger partial charge in [0.15, 0.2) is 0 Å². The normalized spacial score (nSPS) is 17.6. The van der Waals surface area contributed by atoms with Gasteiger partial charge < -0.3 is 15.6 Å². The number of hydrogen-bond donors (Lipinski definition) is 2. The first-order chi connectivity index (χ1) is 8.67. The summed E-state index contributed by atoms with van der Waals surface area (Å²) >= 11 is 0. The standard InChI is InChI=1S/C13H18N2O3/c14-8-13(5-1-2-6-13)9-18-11-10(12(16)17)4-3-7-15-11/h3-4,7H,1-2,5-6,8-9,14H2,(H,16,17). The highest BCUT2D eigenvalue weighted by Gasteiger charge is 2.33. The van der Waals surface area contributed by atoms with E-state index in [0.717, 1.165) is 25.7 Å². The Labute approximate surface area is 106 Å². The van der Waals surface area contributed by atoms with Crippen LogP contribution in [-0.2, 0) is 0 Å². The van der Waals surface area contributed by atoms with Crippen LogP contribution in [0.2, 0.25) is 0 Å². The van der Waals surface area contributed by atoms with Crippen molar-refractivity contribution in [3.8, 4) is 5.88 Å². The average Bonchev–Trinajstić information content (AvgIpc) is 2.86. The van der Waals surface area contributed by atoms with Gasteiger partial charge in [0.25, 0.3) is 0 Å². The van der Waals surface area contributed by atoms with Crippen LogP contribution in [0.15, 0.2) is 18.3 Å². The summed E-state index contributed by atoms with van der Waals surface area (Å²) in [5, 5.41) is 9.03. The molecular weight excluding hydrogens is 232 g/mol. The van der Waals surface area contributed by atoms with Crippen molar-refractivity contribution in [3.05, 3.63) is 23.9 Å². The van der Waals surface area contributed by atoms with Gasteiger partial charge in [-0.1, -0.05) is 12.8 Å². The summed E-state index contributed by atoms with van der Waals surface area (Å²) in [6, 6.07) is 3.08. The predicted octanol–water partition coefficient (Wildman–Crippen LogP) is 1.68. The lowest BCUT2D eigenvalue weighted by Crippen LogP contribution is -2.34. The zero-order chi connectivity index (χ0) is 13.0. The number of aromatic carboxylic acids is 1. The molecule has 5 nitrogen and oxygen atoms in total. The Kier molecular flexibility index (Phi) is 3.81. The fourth-order valence-corrected chi connectivity index (χ4v) is 2.42. The van der Waals surface area contributed by atoms with E-state index in [9.17, 15) is 4.79 Å². The van der Waals surface area contributed by atoms with Crippen molar-refractivity contribution < 1.29 is 14.6 Å². The third-order valence-corrected chi connectivity index (χ3v) is 3.61. The molecule has 1 aromatic rings. The van der Waals surface area contributed by atoms with Gasteiger partial charge in [-0.25, -0.2) is 9.78 Å². The summed E-state index contributed by atoms with van der Waals surface area (Å²) in [4.78, 5) is 15.0. The molecule has 0 aromatic carbocycles. The Balaban J connectivity index is 2.08. The number of carboxylic acids is 1. The van der Waals surface area contributed by atoms with Gasteiger partial charge in [0.05, 0.1) is 6.61 Å². The lowest BCUT2D eigenvalue weighted by atomic mass is 9.87. The zero-order valence-corrected chi connectivity index (χ0v) is 10.3. The van der Waals surface area contributed by atoms with Crippen molar-refractivity contribution in [1.82, 2.24) is 4.98 Å². The number of pyridine rings is 1. The molecule has 0 radical (unpaired) electrons. The number of nitrogens with zero attached hydrogens (tertiary/aromatic N) is 1. The van der Waals surface area contributed by atoms with Crippen LogP contribution in [-0.4, -0.2) is 29.2 Å². The van der Waals surface area contributed by atoms with E-state index in [2.05, 4.69) is 4.98 Å². The van der Waals surface area contributed by atoms with E-state index < -0.39 is 5.97 Å². The Morgan fingerprint density at radius 2 is 2.22 bits per heavy atom. The summed E-state index contributed by atoms with van der Waals surface area (Å²) in [7, 11) is 0. The number of carboxylic acid groups (broad SMARTS) is 1.